The minimum Gasteiger partial charge on any atom is -0.334 e. The van der Waals surface area contributed by atoms with Gasteiger partial charge in [-0.1, -0.05) is 53.7 Å². The molecule has 32 heavy (non-hydrogen) atoms. The van der Waals surface area contributed by atoms with Gasteiger partial charge in [0.1, 0.15) is 9.93 Å². The first-order chi connectivity index (χ1) is 15.5. The Kier molecular flexibility index (Phi) is 5.76. The number of anilines is 2. The zero-order valence-electron chi connectivity index (χ0n) is 17.6. The fraction of sp³-hybridized carbons (Fsp3) is 0.120. The molecule has 3 aromatic rings. The van der Waals surface area contributed by atoms with E-state index in [1.807, 2.05) is 79.7 Å². The lowest BCUT2D eigenvalue weighted by Crippen LogP contribution is -2.29. The van der Waals surface area contributed by atoms with Gasteiger partial charge in [0.2, 0.25) is 0 Å². The summed E-state index contributed by atoms with van der Waals surface area (Å²) in [6.45, 7) is 4.84. The Morgan fingerprint density at radius 3 is 2.53 bits per heavy atom. The number of para-hydroxylation sites is 1. The van der Waals surface area contributed by atoms with Crippen LogP contribution in [0.25, 0.3) is 0 Å². The number of aryl methyl sites for hydroxylation is 1. The monoisotopic (exact) mass is 477 g/mol. The average molecular weight is 478 g/mol. The number of carbonyl (C=O) groups excluding carboxylic acids is 1. The van der Waals surface area contributed by atoms with Gasteiger partial charge in [0, 0.05) is 16.5 Å². The molecule has 0 atom stereocenters. The van der Waals surface area contributed by atoms with Crippen LogP contribution in [0.2, 0.25) is 5.02 Å². The van der Waals surface area contributed by atoms with Crippen molar-refractivity contribution >= 4 is 63.3 Å². The molecule has 0 aromatic heterocycles. The van der Waals surface area contributed by atoms with E-state index in [9.17, 15) is 4.79 Å². The van der Waals surface area contributed by atoms with E-state index in [0.29, 0.717) is 15.1 Å². The highest BCUT2D eigenvalue weighted by Crippen LogP contribution is 2.51. The molecule has 0 unspecified atom stereocenters. The number of rotatable bonds is 3. The van der Waals surface area contributed by atoms with Crippen molar-refractivity contribution in [1.29, 1.82) is 0 Å². The Labute approximate surface area is 201 Å². The quantitative estimate of drug-likeness (QED) is 0.373. The lowest BCUT2D eigenvalue weighted by atomic mass is 10.2. The van der Waals surface area contributed by atoms with E-state index in [1.54, 1.807) is 16.7 Å². The third-order valence-electron chi connectivity index (χ3n) is 5.20. The Morgan fingerprint density at radius 2 is 1.78 bits per heavy atom. The first-order valence-electron chi connectivity index (χ1n) is 10.3. The maximum absolute atomic E-state index is 13.8. The smallest absolute Gasteiger partial charge is 0.274 e. The number of thioether (sulfide) groups is 2. The summed E-state index contributed by atoms with van der Waals surface area (Å²) in [5.41, 5.74) is 3.76. The van der Waals surface area contributed by atoms with Crippen molar-refractivity contribution in [2.24, 2.45) is 4.99 Å². The van der Waals surface area contributed by atoms with E-state index >= 15 is 0 Å². The summed E-state index contributed by atoms with van der Waals surface area (Å²) < 4.78 is 0. The summed E-state index contributed by atoms with van der Waals surface area (Å²) in [4.78, 5) is 24.3. The molecule has 7 heteroatoms. The van der Waals surface area contributed by atoms with Gasteiger partial charge in [0.25, 0.3) is 5.91 Å². The second-order valence-electron chi connectivity index (χ2n) is 7.40. The van der Waals surface area contributed by atoms with Crippen LogP contribution in [0.15, 0.2) is 92.6 Å². The fourth-order valence-electron chi connectivity index (χ4n) is 3.72. The van der Waals surface area contributed by atoms with Crippen molar-refractivity contribution in [3.05, 3.63) is 93.3 Å². The largest absolute Gasteiger partial charge is 0.334 e. The lowest BCUT2D eigenvalue weighted by molar-refractivity contribution is -0.113. The molecule has 1 fully saturated rings. The number of amides is 1. The van der Waals surface area contributed by atoms with E-state index in [-0.39, 0.29) is 5.91 Å². The van der Waals surface area contributed by atoms with Gasteiger partial charge < -0.3 is 4.90 Å². The molecule has 1 amide bonds. The molecular formula is C25H20ClN3OS2. The highest BCUT2D eigenvalue weighted by Gasteiger charge is 2.40. The Hall–Kier alpha value is -2.67. The highest BCUT2D eigenvalue weighted by atomic mass is 35.5. The molecule has 0 N–H and O–H groups in total. The van der Waals surface area contributed by atoms with Crippen molar-refractivity contribution in [2.75, 3.05) is 16.3 Å². The van der Waals surface area contributed by atoms with Crippen molar-refractivity contribution in [1.82, 2.24) is 0 Å². The van der Waals surface area contributed by atoms with Crippen molar-refractivity contribution in [2.45, 2.75) is 18.7 Å². The van der Waals surface area contributed by atoms with Crippen molar-refractivity contribution in [3.63, 3.8) is 0 Å². The molecule has 0 bridgehead atoms. The second kappa shape index (κ2) is 8.70. The number of nitrogens with zero attached hydrogens (tertiary/aromatic N) is 3. The maximum Gasteiger partial charge on any atom is 0.274 e. The van der Waals surface area contributed by atoms with Gasteiger partial charge >= 0.3 is 0 Å². The number of aliphatic imine (C=N–C) groups is 1. The van der Waals surface area contributed by atoms with Gasteiger partial charge in [-0.25, -0.2) is 4.99 Å². The molecule has 0 spiro atoms. The zero-order chi connectivity index (χ0) is 22.2. The van der Waals surface area contributed by atoms with E-state index in [1.165, 1.54) is 11.8 Å². The molecule has 0 radical (unpaired) electrons. The van der Waals surface area contributed by atoms with Crippen LogP contribution >= 0.6 is 35.1 Å². The third-order valence-corrected chi connectivity index (χ3v) is 7.77. The van der Waals surface area contributed by atoms with Gasteiger partial charge in [-0.15, -0.1) is 0 Å². The fourth-order valence-corrected chi connectivity index (χ4v) is 6.27. The van der Waals surface area contributed by atoms with Crippen LogP contribution in [0.5, 0.6) is 0 Å². The normalized spacial score (nSPS) is 19.2. The topological polar surface area (TPSA) is 35.9 Å². The van der Waals surface area contributed by atoms with Crippen LogP contribution in [0.3, 0.4) is 0 Å². The summed E-state index contributed by atoms with van der Waals surface area (Å²) in [5, 5.41) is 2.27. The van der Waals surface area contributed by atoms with Crippen LogP contribution in [0, 0.1) is 6.92 Å². The summed E-state index contributed by atoms with van der Waals surface area (Å²) in [6.07, 6.45) is 0. The molecule has 2 heterocycles. The number of amidine groups is 1. The third kappa shape index (κ3) is 3.83. The van der Waals surface area contributed by atoms with Crippen molar-refractivity contribution < 1.29 is 4.79 Å². The molecule has 1 saturated heterocycles. The lowest BCUT2D eigenvalue weighted by Gasteiger charge is -2.19. The summed E-state index contributed by atoms with van der Waals surface area (Å²) in [7, 11) is 0. The molecule has 0 saturated carbocycles. The van der Waals surface area contributed by atoms with Gasteiger partial charge in [-0.3, -0.25) is 9.69 Å². The predicted octanol–water partition coefficient (Wildman–Crippen LogP) is 7.22. The first kappa shape index (κ1) is 21.2. The Bertz CT molecular complexity index is 1270. The van der Waals surface area contributed by atoms with Gasteiger partial charge in [-0.2, -0.15) is 0 Å². The molecule has 0 aliphatic carbocycles. The second-order valence-corrected chi connectivity index (χ2v) is 9.85. The molecule has 160 valence electrons. The number of carbonyl (C=O) groups is 1. The predicted molar refractivity (Wildman–Crippen MR) is 137 cm³/mol. The number of benzene rings is 3. The maximum atomic E-state index is 13.8. The number of fused-ring (bicyclic) bond motifs is 1. The van der Waals surface area contributed by atoms with Gasteiger partial charge in [0.15, 0.2) is 5.17 Å². The van der Waals surface area contributed by atoms with Crippen LogP contribution < -0.4 is 9.80 Å². The van der Waals surface area contributed by atoms with Crippen molar-refractivity contribution in [3.8, 4) is 0 Å². The van der Waals surface area contributed by atoms with E-state index < -0.39 is 0 Å². The molecular weight excluding hydrogens is 458 g/mol. The number of hydrogen-bond donors (Lipinski definition) is 0. The Morgan fingerprint density at radius 1 is 0.969 bits per heavy atom. The van der Waals surface area contributed by atoms with Crippen LogP contribution in [0.1, 0.15) is 12.5 Å². The van der Waals surface area contributed by atoms with Crippen LogP contribution in [0.4, 0.5) is 17.1 Å². The van der Waals surface area contributed by atoms with Crippen LogP contribution in [-0.2, 0) is 4.79 Å². The van der Waals surface area contributed by atoms with E-state index in [2.05, 4.69) is 11.8 Å². The highest BCUT2D eigenvalue weighted by molar-refractivity contribution is 8.20. The Balaban J connectivity index is 1.64. The SMILES string of the molecule is CCN1/C(=C2/SC(=Nc3ccccc3)N(c3cccc(C)c3)C2=O)Sc2ccc(Cl)cc21. The average Bonchev–Trinajstić information content (AvgIpc) is 3.30. The van der Waals surface area contributed by atoms with Gasteiger partial charge in [-0.05, 0) is 73.6 Å². The minimum absolute atomic E-state index is 0.0601. The molecule has 4 nitrogen and oxygen atoms in total. The minimum atomic E-state index is -0.0601. The molecule has 5 rings (SSSR count). The summed E-state index contributed by atoms with van der Waals surface area (Å²) in [6, 6.07) is 23.6. The van der Waals surface area contributed by atoms with Gasteiger partial charge in [0.05, 0.1) is 17.1 Å². The summed E-state index contributed by atoms with van der Waals surface area (Å²) >= 11 is 9.30. The van der Waals surface area contributed by atoms with E-state index in [0.717, 1.165) is 39.1 Å². The number of hydrogen-bond acceptors (Lipinski definition) is 5. The first-order valence-corrected chi connectivity index (χ1v) is 12.3. The number of halogens is 1. The molecule has 3 aromatic carbocycles. The zero-order valence-corrected chi connectivity index (χ0v) is 20.0. The molecule has 2 aliphatic rings. The standard InChI is InChI=1S/C25H20ClN3OS2/c1-3-28-20-15-17(26)12-13-21(20)31-24(28)22-23(30)29(19-11-7-8-16(2)14-19)25(32-22)27-18-9-5-4-6-10-18/h4-15H,3H2,1-2H3/b24-22-,27-25?. The van der Waals surface area contributed by atoms with Crippen LogP contribution in [-0.4, -0.2) is 17.6 Å². The van der Waals surface area contributed by atoms with E-state index in [4.69, 9.17) is 16.6 Å². The molecule has 2 aliphatic heterocycles. The summed E-state index contributed by atoms with van der Waals surface area (Å²) in [5.74, 6) is -0.0601.